The number of aryl methyl sites for hydroxylation is 1. The summed E-state index contributed by atoms with van der Waals surface area (Å²) in [6, 6.07) is 12.5. The SMILES string of the molecule is Cc1cc(C#N)ccc1Oc1ccc(CC=O)cc1Cl. The van der Waals surface area contributed by atoms with Crippen LogP contribution in [0.15, 0.2) is 36.4 Å². The minimum Gasteiger partial charge on any atom is -0.456 e. The van der Waals surface area contributed by atoms with Gasteiger partial charge in [0.1, 0.15) is 17.8 Å². The van der Waals surface area contributed by atoms with E-state index in [9.17, 15) is 4.79 Å². The van der Waals surface area contributed by atoms with E-state index in [1.54, 1.807) is 36.4 Å². The summed E-state index contributed by atoms with van der Waals surface area (Å²) >= 11 is 6.13. The van der Waals surface area contributed by atoms with E-state index in [-0.39, 0.29) is 0 Å². The first-order valence-corrected chi connectivity index (χ1v) is 6.42. The molecule has 0 atom stereocenters. The Morgan fingerprint density at radius 3 is 2.60 bits per heavy atom. The Hall–Kier alpha value is -2.31. The van der Waals surface area contributed by atoms with E-state index in [1.807, 2.05) is 6.92 Å². The van der Waals surface area contributed by atoms with Crippen molar-refractivity contribution >= 4 is 17.9 Å². The molecular weight excluding hydrogens is 274 g/mol. The van der Waals surface area contributed by atoms with Gasteiger partial charge >= 0.3 is 0 Å². The Labute approximate surface area is 122 Å². The lowest BCUT2D eigenvalue weighted by molar-refractivity contribution is -0.107. The molecular formula is C16H12ClNO2. The number of halogens is 1. The van der Waals surface area contributed by atoms with Crippen molar-refractivity contribution in [2.24, 2.45) is 0 Å². The number of carbonyl (C=O) groups excluding carboxylic acids is 1. The zero-order chi connectivity index (χ0) is 14.5. The topological polar surface area (TPSA) is 50.1 Å². The largest absolute Gasteiger partial charge is 0.456 e. The summed E-state index contributed by atoms with van der Waals surface area (Å²) in [7, 11) is 0. The highest BCUT2D eigenvalue weighted by molar-refractivity contribution is 6.32. The second kappa shape index (κ2) is 6.23. The second-order valence-electron chi connectivity index (χ2n) is 4.33. The number of hydrogen-bond acceptors (Lipinski definition) is 3. The molecule has 0 amide bonds. The van der Waals surface area contributed by atoms with Crippen LogP contribution in [0.4, 0.5) is 0 Å². The highest BCUT2D eigenvalue weighted by Crippen LogP contribution is 2.32. The summed E-state index contributed by atoms with van der Waals surface area (Å²) in [5.74, 6) is 1.17. The zero-order valence-corrected chi connectivity index (χ0v) is 11.6. The molecule has 0 saturated carbocycles. The number of nitrogens with zero attached hydrogens (tertiary/aromatic N) is 1. The number of carbonyl (C=O) groups is 1. The summed E-state index contributed by atoms with van der Waals surface area (Å²) < 4.78 is 5.74. The molecule has 0 saturated heterocycles. The number of hydrogen-bond donors (Lipinski definition) is 0. The predicted octanol–water partition coefficient (Wildman–Crippen LogP) is 4.05. The van der Waals surface area contributed by atoms with Gasteiger partial charge in [-0.2, -0.15) is 5.26 Å². The lowest BCUT2D eigenvalue weighted by Crippen LogP contribution is -1.91. The molecule has 2 rings (SSSR count). The van der Waals surface area contributed by atoms with Crippen LogP contribution in [0, 0.1) is 18.3 Å². The Kier molecular flexibility index (Phi) is 4.39. The van der Waals surface area contributed by atoms with E-state index in [0.717, 1.165) is 17.4 Å². The van der Waals surface area contributed by atoms with Crippen molar-refractivity contribution in [3.05, 3.63) is 58.1 Å². The molecule has 0 aliphatic heterocycles. The van der Waals surface area contributed by atoms with E-state index in [0.29, 0.717) is 28.5 Å². The maximum absolute atomic E-state index is 10.5. The van der Waals surface area contributed by atoms with Gasteiger partial charge in [0.15, 0.2) is 0 Å². The smallest absolute Gasteiger partial charge is 0.146 e. The molecule has 0 spiro atoms. The van der Waals surface area contributed by atoms with E-state index in [1.165, 1.54) is 0 Å². The molecule has 0 fully saturated rings. The molecule has 2 aromatic rings. The van der Waals surface area contributed by atoms with Crippen LogP contribution in [-0.2, 0) is 11.2 Å². The van der Waals surface area contributed by atoms with Gasteiger partial charge in [-0.15, -0.1) is 0 Å². The fraction of sp³-hybridized carbons (Fsp3) is 0.125. The minimum atomic E-state index is 0.329. The summed E-state index contributed by atoms with van der Waals surface area (Å²) in [6.07, 6.45) is 1.16. The highest BCUT2D eigenvalue weighted by atomic mass is 35.5. The second-order valence-corrected chi connectivity index (χ2v) is 4.74. The number of aldehydes is 1. The van der Waals surface area contributed by atoms with Crippen molar-refractivity contribution in [3.8, 4) is 17.6 Å². The predicted molar refractivity (Wildman–Crippen MR) is 77.2 cm³/mol. The van der Waals surface area contributed by atoms with Gasteiger partial charge in [-0.1, -0.05) is 17.7 Å². The standard InChI is InChI=1S/C16H12ClNO2/c1-11-8-13(10-18)3-4-15(11)20-16-5-2-12(6-7-19)9-14(16)17/h2-5,7-9H,6H2,1H3. The van der Waals surface area contributed by atoms with E-state index in [2.05, 4.69) is 6.07 Å². The number of rotatable bonds is 4. The van der Waals surface area contributed by atoms with Crippen molar-refractivity contribution in [2.45, 2.75) is 13.3 Å². The van der Waals surface area contributed by atoms with Crippen molar-refractivity contribution in [1.29, 1.82) is 5.26 Å². The van der Waals surface area contributed by atoms with E-state index >= 15 is 0 Å². The molecule has 0 heterocycles. The van der Waals surface area contributed by atoms with E-state index < -0.39 is 0 Å². The van der Waals surface area contributed by atoms with Gasteiger partial charge in [-0.3, -0.25) is 0 Å². The van der Waals surface area contributed by atoms with E-state index in [4.69, 9.17) is 21.6 Å². The van der Waals surface area contributed by atoms with Gasteiger partial charge in [0, 0.05) is 6.42 Å². The fourth-order valence-electron chi connectivity index (χ4n) is 1.80. The summed E-state index contributed by atoms with van der Waals surface area (Å²) in [5.41, 5.74) is 2.29. The maximum atomic E-state index is 10.5. The maximum Gasteiger partial charge on any atom is 0.146 e. The molecule has 0 unspecified atom stereocenters. The molecule has 0 bridgehead atoms. The van der Waals surface area contributed by atoms with Gasteiger partial charge < -0.3 is 9.53 Å². The van der Waals surface area contributed by atoms with Crippen LogP contribution in [-0.4, -0.2) is 6.29 Å². The van der Waals surface area contributed by atoms with Crippen molar-refractivity contribution in [1.82, 2.24) is 0 Å². The fourth-order valence-corrected chi connectivity index (χ4v) is 2.04. The Bertz CT molecular complexity index is 689. The van der Waals surface area contributed by atoms with Crippen LogP contribution in [0.5, 0.6) is 11.5 Å². The van der Waals surface area contributed by atoms with Crippen molar-refractivity contribution < 1.29 is 9.53 Å². The van der Waals surface area contributed by atoms with Gasteiger partial charge in [-0.05, 0) is 48.4 Å². The first-order valence-electron chi connectivity index (χ1n) is 6.04. The number of nitriles is 1. The van der Waals surface area contributed by atoms with Crippen LogP contribution in [0.2, 0.25) is 5.02 Å². The molecule has 0 N–H and O–H groups in total. The normalized spacial score (nSPS) is 9.85. The summed E-state index contributed by atoms with van der Waals surface area (Å²) in [4.78, 5) is 10.5. The quantitative estimate of drug-likeness (QED) is 0.796. The Morgan fingerprint density at radius 1 is 1.25 bits per heavy atom. The first kappa shape index (κ1) is 14.1. The van der Waals surface area contributed by atoms with Crippen LogP contribution in [0.25, 0.3) is 0 Å². The molecule has 0 radical (unpaired) electrons. The van der Waals surface area contributed by atoms with Gasteiger partial charge in [0.2, 0.25) is 0 Å². The minimum absolute atomic E-state index is 0.329. The highest BCUT2D eigenvalue weighted by Gasteiger charge is 2.07. The van der Waals surface area contributed by atoms with Gasteiger partial charge in [0.05, 0.1) is 16.7 Å². The first-order chi connectivity index (χ1) is 9.63. The van der Waals surface area contributed by atoms with Crippen molar-refractivity contribution in [2.75, 3.05) is 0 Å². The Morgan fingerprint density at radius 2 is 2.00 bits per heavy atom. The molecule has 2 aromatic carbocycles. The lowest BCUT2D eigenvalue weighted by Gasteiger charge is -2.11. The number of benzene rings is 2. The average Bonchev–Trinajstić information content (AvgIpc) is 2.44. The summed E-state index contributed by atoms with van der Waals surface area (Å²) in [6.45, 7) is 1.87. The van der Waals surface area contributed by atoms with Gasteiger partial charge in [-0.25, -0.2) is 0 Å². The molecule has 0 aromatic heterocycles. The third kappa shape index (κ3) is 3.17. The van der Waals surface area contributed by atoms with Crippen LogP contribution >= 0.6 is 11.6 Å². The summed E-state index contributed by atoms with van der Waals surface area (Å²) in [5, 5.41) is 9.28. The average molecular weight is 286 g/mol. The van der Waals surface area contributed by atoms with Crippen molar-refractivity contribution in [3.63, 3.8) is 0 Å². The zero-order valence-electron chi connectivity index (χ0n) is 10.9. The number of ether oxygens (including phenoxy) is 1. The molecule has 0 aliphatic carbocycles. The van der Waals surface area contributed by atoms with Gasteiger partial charge in [0.25, 0.3) is 0 Å². The lowest BCUT2D eigenvalue weighted by atomic mass is 10.1. The molecule has 4 heteroatoms. The van der Waals surface area contributed by atoms with Crippen LogP contribution in [0.3, 0.4) is 0 Å². The Balaban J connectivity index is 2.26. The third-order valence-electron chi connectivity index (χ3n) is 2.84. The molecule has 100 valence electrons. The third-order valence-corrected chi connectivity index (χ3v) is 3.13. The van der Waals surface area contributed by atoms with Crippen LogP contribution < -0.4 is 4.74 Å². The molecule has 20 heavy (non-hydrogen) atoms. The van der Waals surface area contributed by atoms with Crippen LogP contribution in [0.1, 0.15) is 16.7 Å². The monoisotopic (exact) mass is 285 g/mol. The molecule has 0 aliphatic rings. The molecule has 3 nitrogen and oxygen atoms in total.